The quantitative estimate of drug-likeness (QED) is 0.473. The molecule has 8 unspecified atom stereocenters. The van der Waals surface area contributed by atoms with E-state index >= 15 is 0 Å². The average Bonchev–Trinajstić information content (AvgIpc) is 2.86. The van der Waals surface area contributed by atoms with Gasteiger partial charge in [-0.15, -0.1) is 0 Å². The topological polar surface area (TPSA) is 0 Å². The van der Waals surface area contributed by atoms with Crippen molar-refractivity contribution in [2.24, 2.45) is 64.1 Å². The van der Waals surface area contributed by atoms with Gasteiger partial charge in [-0.1, -0.05) is 82.6 Å². The van der Waals surface area contributed by atoms with Crippen LogP contribution in [0, 0.1) is 64.1 Å². The lowest BCUT2D eigenvalue weighted by Crippen LogP contribution is -2.47. The van der Waals surface area contributed by atoms with E-state index in [1.165, 1.54) is 19.3 Å². The summed E-state index contributed by atoms with van der Waals surface area (Å²) in [5, 5.41) is 0. The van der Waals surface area contributed by atoms with E-state index in [1.807, 2.05) is 0 Å². The number of rotatable bonds is 5. The van der Waals surface area contributed by atoms with Gasteiger partial charge < -0.3 is 0 Å². The average molecular weight is 349 g/mol. The summed E-state index contributed by atoms with van der Waals surface area (Å²) >= 11 is 0. The number of hydrogen-bond donors (Lipinski definition) is 0. The minimum atomic E-state index is 0.412. The van der Waals surface area contributed by atoms with Gasteiger partial charge in [0.2, 0.25) is 0 Å². The van der Waals surface area contributed by atoms with Crippen molar-refractivity contribution in [3.8, 4) is 0 Å². The van der Waals surface area contributed by atoms with Crippen LogP contribution in [0.2, 0.25) is 0 Å². The van der Waals surface area contributed by atoms with Crippen molar-refractivity contribution in [3.05, 3.63) is 0 Å². The highest BCUT2D eigenvalue weighted by atomic mass is 14.7. The first-order valence-corrected chi connectivity index (χ1v) is 11.4. The SMILES string of the molecule is CCC(C)C1C2CC(C)C1C(C)(C)C(C)(C)C(CC(C)C(C)C)C2C. The molecule has 2 rings (SSSR count). The van der Waals surface area contributed by atoms with Crippen LogP contribution < -0.4 is 0 Å². The van der Waals surface area contributed by atoms with Crippen molar-refractivity contribution in [2.45, 2.75) is 95.4 Å². The molecule has 0 spiro atoms. The lowest BCUT2D eigenvalue weighted by Gasteiger charge is -2.54. The molecule has 0 saturated heterocycles. The molecule has 0 nitrogen and oxygen atoms in total. The zero-order valence-corrected chi connectivity index (χ0v) is 19.3. The van der Waals surface area contributed by atoms with Gasteiger partial charge >= 0.3 is 0 Å². The van der Waals surface area contributed by atoms with Crippen LogP contribution in [0.15, 0.2) is 0 Å². The van der Waals surface area contributed by atoms with E-state index in [-0.39, 0.29) is 0 Å². The summed E-state index contributed by atoms with van der Waals surface area (Å²) in [6.45, 7) is 28.0. The molecular weight excluding hydrogens is 300 g/mol. The second-order valence-corrected chi connectivity index (χ2v) is 11.7. The third-order valence-corrected chi connectivity index (χ3v) is 9.96. The molecule has 8 atom stereocenters. The maximum absolute atomic E-state index is 2.64. The molecule has 0 aromatic rings. The summed E-state index contributed by atoms with van der Waals surface area (Å²) in [5.41, 5.74) is 0.830. The summed E-state index contributed by atoms with van der Waals surface area (Å²) in [6.07, 6.45) is 4.24. The first-order chi connectivity index (χ1) is 11.4. The molecule has 2 fully saturated rings. The van der Waals surface area contributed by atoms with Crippen molar-refractivity contribution in [2.75, 3.05) is 0 Å². The van der Waals surface area contributed by atoms with Crippen LogP contribution >= 0.6 is 0 Å². The predicted octanol–water partition coefficient (Wildman–Crippen LogP) is 7.92. The van der Waals surface area contributed by atoms with E-state index in [0.29, 0.717) is 10.8 Å². The van der Waals surface area contributed by atoms with Crippen LogP contribution in [0.5, 0.6) is 0 Å². The van der Waals surface area contributed by atoms with Crippen LogP contribution in [0.1, 0.15) is 95.4 Å². The Labute approximate surface area is 159 Å². The Morgan fingerprint density at radius 2 is 1.48 bits per heavy atom. The second kappa shape index (κ2) is 7.20. The lowest BCUT2D eigenvalue weighted by molar-refractivity contribution is -0.0546. The molecule has 0 N–H and O–H groups in total. The molecule has 2 aliphatic carbocycles. The summed E-state index contributed by atoms with van der Waals surface area (Å²) in [6, 6.07) is 0. The van der Waals surface area contributed by atoms with Crippen LogP contribution in [0.4, 0.5) is 0 Å². The van der Waals surface area contributed by atoms with E-state index in [9.17, 15) is 0 Å². The molecule has 2 saturated carbocycles. The van der Waals surface area contributed by atoms with Crippen molar-refractivity contribution in [1.82, 2.24) is 0 Å². The number of fused-ring (bicyclic) bond motifs is 2. The van der Waals surface area contributed by atoms with Gasteiger partial charge in [-0.2, -0.15) is 0 Å². The van der Waals surface area contributed by atoms with Gasteiger partial charge in [-0.3, -0.25) is 0 Å². The first-order valence-electron chi connectivity index (χ1n) is 11.4. The standard InChI is InChI=1S/C25H48/c1-12-16(4)22-20-13-18(6)23(22)25(10,11)24(8,9)21(19(20)7)14-17(5)15(2)3/h15-23H,12-14H2,1-11H3. The minimum Gasteiger partial charge on any atom is -0.0651 e. The van der Waals surface area contributed by atoms with E-state index in [1.54, 1.807) is 0 Å². The van der Waals surface area contributed by atoms with E-state index in [4.69, 9.17) is 0 Å². The third kappa shape index (κ3) is 3.34. The smallest absolute Gasteiger partial charge is 0.0266 e. The summed E-state index contributed by atoms with van der Waals surface area (Å²) in [4.78, 5) is 0. The second-order valence-electron chi connectivity index (χ2n) is 11.7. The van der Waals surface area contributed by atoms with Gasteiger partial charge in [0.1, 0.15) is 0 Å². The fourth-order valence-electron chi connectivity index (χ4n) is 7.23. The summed E-state index contributed by atoms with van der Waals surface area (Å²) < 4.78 is 0. The minimum absolute atomic E-state index is 0.412. The summed E-state index contributed by atoms with van der Waals surface area (Å²) in [5.74, 6) is 7.89. The Balaban J connectivity index is 2.51. The maximum atomic E-state index is 2.64. The van der Waals surface area contributed by atoms with Crippen LogP contribution in [0.25, 0.3) is 0 Å². The molecule has 25 heavy (non-hydrogen) atoms. The van der Waals surface area contributed by atoms with Gasteiger partial charge in [0.25, 0.3) is 0 Å². The molecule has 0 radical (unpaired) electrons. The van der Waals surface area contributed by atoms with Crippen molar-refractivity contribution in [3.63, 3.8) is 0 Å². The molecule has 0 amide bonds. The molecular formula is C25H48. The van der Waals surface area contributed by atoms with Crippen molar-refractivity contribution >= 4 is 0 Å². The van der Waals surface area contributed by atoms with Crippen LogP contribution in [-0.2, 0) is 0 Å². The van der Waals surface area contributed by atoms with Crippen molar-refractivity contribution in [1.29, 1.82) is 0 Å². The fraction of sp³-hybridized carbons (Fsp3) is 1.00. The molecule has 0 heterocycles. The lowest BCUT2D eigenvalue weighted by atomic mass is 9.51. The van der Waals surface area contributed by atoms with Gasteiger partial charge in [-0.05, 0) is 76.9 Å². The first kappa shape index (κ1) is 21.3. The van der Waals surface area contributed by atoms with E-state index < -0.39 is 0 Å². The number of hydrogen-bond acceptors (Lipinski definition) is 0. The molecule has 148 valence electrons. The zero-order valence-electron chi connectivity index (χ0n) is 19.3. The highest BCUT2D eigenvalue weighted by Crippen LogP contribution is 2.67. The molecule has 0 aliphatic heterocycles. The zero-order chi connectivity index (χ0) is 19.3. The van der Waals surface area contributed by atoms with Gasteiger partial charge in [0, 0.05) is 0 Å². The molecule has 0 aromatic heterocycles. The van der Waals surface area contributed by atoms with Gasteiger partial charge in [0.15, 0.2) is 0 Å². The maximum Gasteiger partial charge on any atom is -0.0266 e. The Kier molecular flexibility index (Phi) is 6.13. The van der Waals surface area contributed by atoms with Crippen LogP contribution in [-0.4, -0.2) is 0 Å². The Hall–Kier alpha value is 0. The Morgan fingerprint density at radius 3 is 1.96 bits per heavy atom. The van der Waals surface area contributed by atoms with Crippen molar-refractivity contribution < 1.29 is 0 Å². The molecule has 2 bridgehead atoms. The Bertz CT molecular complexity index is 443. The highest BCUT2D eigenvalue weighted by molar-refractivity contribution is 5.09. The van der Waals surface area contributed by atoms with Gasteiger partial charge in [-0.25, -0.2) is 0 Å². The highest BCUT2D eigenvalue weighted by Gasteiger charge is 2.61. The molecule has 0 aromatic carbocycles. The normalized spacial score (nSPS) is 42.2. The molecule has 0 heteroatoms. The third-order valence-electron chi connectivity index (χ3n) is 9.96. The Morgan fingerprint density at radius 1 is 0.920 bits per heavy atom. The fourth-order valence-corrected chi connectivity index (χ4v) is 7.23. The van der Waals surface area contributed by atoms with E-state index in [2.05, 4.69) is 76.2 Å². The largest absolute Gasteiger partial charge is 0.0651 e. The monoisotopic (exact) mass is 348 g/mol. The molecule has 2 aliphatic rings. The van der Waals surface area contributed by atoms with Crippen LogP contribution in [0.3, 0.4) is 0 Å². The van der Waals surface area contributed by atoms with Gasteiger partial charge in [0.05, 0.1) is 0 Å². The van der Waals surface area contributed by atoms with E-state index in [0.717, 1.165) is 53.3 Å². The summed E-state index contributed by atoms with van der Waals surface area (Å²) in [7, 11) is 0. The predicted molar refractivity (Wildman–Crippen MR) is 113 cm³/mol.